The van der Waals surface area contributed by atoms with E-state index in [-0.39, 0.29) is 0 Å². The van der Waals surface area contributed by atoms with Gasteiger partial charge in [0, 0.05) is 18.3 Å². The van der Waals surface area contributed by atoms with Crippen LogP contribution >= 0.6 is 0 Å². The molecule has 0 aliphatic heterocycles. The standard InChI is InChI=1S/C13H17N3/c1-9-5-4-6-10(2)13(9)16-8-12(7-14)11(3)15-16/h4-6,8H,7,14H2,1-3H3. The number of nitrogens with two attached hydrogens (primary N) is 1. The van der Waals surface area contributed by atoms with Crippen molar-refractivity contribution in [3.05, 3.63) is 46.8 Å². The molecule has 0 saturated heterocycles. The van der Waals surface area contributed by atoms with Gasteiger partial charge in [0.25, 0.3) is 0 Å². The predicted octanol–water partition coefficient (Wildman–Crippen LogP) is 2.26. The molecular weight excluding hydrogens is 198 g/mol. The second-order valence-corrected chi connectivity index (χ2v) is 4.13. The lowest BCUT2D eigenvalue weighted by Crippen LogP contribution is -2.00. The average molecular weight is 215 g/mol. The fourth-order valence-electron chi connectivity index (χ4n) is 1.98. The van der Waals surface area contributed by atoms with E-state index in [1.807, 2.05) is 17.8 Å². The van der Waals surface area contributed by atoms with Gasteiger partial charge in [0.05, 0.1) is 11.4 Å². The van der Waals surface area contributed by atoms with Crippen molar-refractivity contribution < 1.29 is 0 Å². The van der Waals surface area contributed by atoms with E-state index in [0.717, 1.165) is 16.9 Å². The first-order valence-corrected chi connectivity index (χ1v) is 5.45. The first-order chi connectivity index (χ1) is 7.63. The molecule has 0 fully saturated rings. The Morgan fingerprint density at radius 3 is 2.31 bits per heavy atom. The van der Waals surface area contributed by atoms with Crippen LogP contribution in [0.5, 0.6) is 0 Å². The highest BCUT2D eigenvalue weighted by molar-refractivity contribution is 5.46. The van der Waals surface area contributed by atoms with Crippen LogP contribution in [0.2, 0.25) is 0 Å². The van der Waals surface area contributed by atoms with E-state index in [4.69, 9.17) is 5.73 Å². The van der Waals surface area contributed by atoms with Gasteiger partial charge in [-0.25, -0.2) is 4.68 Å². The van der Waals surface area contributed by atoms with Crippen LogP contribution in [0.3, 0.4) is 0 Å². The minimum absolute atomic E-state index is 0.538. The van der Waals surface area contributed by atoms with Gasteiger partial charge in [0.15, 0.2) is 0 Å². The van der Waals surface area contributed by atoms with Gasteiger partial charge in [-0.2, -0.15) is 5.10 Å². The van der Waals surface area contributed by atoms with Crippen LogP contribution in [-0.4, -0.2) is 9.78 Å². The van der Waals surface area contributed by atoms with E-state index in [1.54, 1.807) is 0 Å². The lowest BCUT2D eigenvalue weighted by molar-refractivity contribution is 0.848. The fourth-order valence-corrected chi connectivity index (χ4v) is 1.98. The summed E-state index contributed by atoms with van der Waals surface area (Å²) in [5.74, 6) is 0. The van der Waals surface area contributed by atoms with Gasteiger partial charge in [-0.15, -0.1) is 0 Å². The molecule has 0 spiro atoms. The monoisotopic (exact) mass is 215 g/mol. The molecule has 0 unspecified atom stereocenters. The Bertz CT molecular complexity index is 492. The Morgan fingerprint density at radius 2 is 1.81 bits per heavy atom. The molecule has 2 N–H and O–H groups in total. The zero-order valence-electron chi connectivity index (χ0n) is 9.99. The third-order valence-corrected chi connectivity index (χ3v) is 2.89. The molecule has 2 aromatic rings. The van der Waals surface area contributed by atoms with Crippen LogP contribution in [0.1, 0.15) is 22.4 Å². The highest BCUT2D eigenvalue weighted by Crippen LogP contribution is 2.19. The van der Waals surface area contributed by atoms with Crippen molar-refractivity contribution in [1.29, 1.82) is 0 Å². The number of nitrogens with zero attached hydrogens (tertiary/aromatic N) is 2. The predicted molar refractivity (Wildman–Crippen MR) is 65.7 cm³/mol. The fraction of sp³-hybridized carbons (Fsp3) is 0.308. The van der Waals surface area contributed by atoms with Crippen LogP contribution in [-0.2, 0) is 6.54 Å². The summed E-state index contributed by atoms with van der Waals surface area (Å²) in [4.78, 5) is 0. The summed E-state index contributed by atoms with van der Waals surface area (Å²) >= 11 is 0. The molecule has 2 rings (SSSR count). The summed E-state index contributed by atoms with van der Waals surface area (Å²) in [6.45, 7) is 6.73. The minimum atomic E-state index is 0.538. The lowest BCUT2D eigenvalue weighted by Gasteiger charge is -2.08. The van der Waals surface area contributed by atoms with Crippen molar-refractivity contribution in [2.75, 3.05) is 0 Å². The SMILES string of the molecule is Cc1cccc(C)c1-n1cc(CN)c(C)n1. The van der Waals surface area contributed by atoms with E-state index in [2.05, 4.69) is 37.1 Å². The maximum absolute atomic E-state index is 5.66. The second kappa shape index (κ2) is 4.10. The maximum Gasteiger partial charge on any atom is 0.0704 e. The van der Waals surface area contributed by atoms with Crippen molar-refractivity contribution in [2.24, 2.45) is 5.73 Å². The molecule has 0 bridgehead atoms. The quantitative estimate of drug-likeness (QED) is 0.835. The molecule has 0 radical (unpaired) electrons. The van der Waals surface area contributed by atoms with E-state index in [1.165, 1.54) is 11.1 Å². The molecule has 0 aliphatic carbocycles. The average Bonchev–Trinajstić information content (AvgIpc) is 2.59. The van der Waals surface area contributed by atoms with Crippen LogP contribution in [0, 0.1) is 20.8 Å². The zero-order valence-corrected chi connectivity index (χ0v) is 9.99. The van der Waals surface area contributed by atoms with Gasteiger partial charge in [-0.05, 0) is 31.9 Å². The molecule has 1 aromatic carbocycles. The summed E-state index contributed by atoms with van der Waals surface area (Å²) in [5.41, 5.74) is 11.4. The largest absolute Gasteiger partial charge is 0.326 e. The highest BCUT2D eigenvalue weighted by atomic mass is 15.3. The molecular formula is C13H17N3. The summed E-state index contributed by atoms with van der Waals surface area (Å²) in [5, 5.41) is 4.51. The number of para-hydroxylation sites is 1. The highest BCUT2D eigenvalue weighted by Gasteiger charge is 2.08. The van der Waals surface area contributed by atoms with Gasteiger partial charge >= 0.3 is 0 Å². The summed E-state index contributed by atoms with van der Waals surface area (Å²) in [6.07, 6.45) is 2.02. The zero-order chi connectivity index (χ0) is 11.7. The third kappa shape index (κ3) is 1.74. The van der Waals surface area contributed by atoms with Crippen molar-refractivity contribution in [2.45, 2.75) is 27.3 Å². The van der Waals surface area contributed by atoms with Gasteiger partial charge in [-0.1, -0.05) is 18.2 Å². The number of aryl methyl sites for hydroxylation is 3. The molecule has 0 aliphatic rings. The van der Waals surface area contributed by atoms with Gasteiger partial charge in [0.1, 0.15) is 0 Å². The first-order valence-electron chi connectivity index (χ1n) is 5.45. The number of hydrogen-bond acceptors (Lipinski definition) is 2. The van der Waals surface area contributed by atoms with Crippen molar-refractivity contribution in [3.8, 4) is 5.69 Å². The maximum atomic E-state index is 5.66. The van der Waals surface area contributed by atoms with Crippen LogP contribution in [0.4, 0.5) is 0 Å². The van der Waals surface area contributed by atoms with Crippen LogP contribution in [0.25, 0.3) is 5.69 Å². The van der Waals surface area contributed by atoms with E-state index < -0.39 is 0 Å². The Morgan fingerprint density at radius 1 is 1.19 bits per heavy atom. The smallest absolute Gasteiger partial charge is 0.0704 e. The van der Waals surface area contributed by atoms with Crippen molar-refractivity contribution in [3.63, 3.8) is 0 Å². The van der Waals surface area contributed by atoms with E-state index in [9.17, 15) is 0 Å². The Kier molecular flexibility index (Phi) is 2.79. The molecule has 84 valence electrons. The molecule has 1 aromatic heterocycles. The lowest BCUT2D eigenvalue weighted by atomic mass is 10.1. The molecule has 0 amide bonds. The molecule has 1 heterocycles. The molecule has 3 heteroatoms. The molecule has 16 heavy (non-hydrogen) atoms. The van der Waals surface area contributed by atoms with Crippen molar-refractivity contribution >= 4 is 0 Å². The van der Waals surface area contributed by atoms with Gasteiger partial charge in [-0.3, -0.25) is 0 Å². The molecule has 3 nitrogen and oxygen atoms in total. The number of benzene rings is 1. The Labute approximate surface area is 95.9 Å². The first kappa shape index (κ1) is 10.9. The Hall–Kier alpha value is -1.61. The van der Waals surface area contributed by atoms with Gasteiger partial charge in [0.2, 0.25) is 0 Å². The van der Waals surface area contributed by atoms with Crippen LogP contribution in [0.15, 0.2) is 24.4 Å². The summed E-state index contributed by atoms with van der Waals surface area (Å²) in [7, 11) is 0. The topological polar surface area (TPSA) is 43.8 Å². The van der Waals surface area contributed by atoms with Crippen LogP contribution < -0.4 is 5.73 Å². The van der Waals surface area contributed by atoms with Crippen molar-refractivity contribution in [1.82, 2.24) is 9.78 Å². The summed E-state index contributed by atoms with van der Waals surface area (Å²) < 4.78 is 1.93. The summed E-state index contributed by atoms with van der Waals surface area (Å²) in [6, 6.07) is 6.26. The molecule has 0 atom stereocenters. The normalized spacial score (nSPS) is 10.8. The second-order valence-electron chi connectivity index (χ2n) is 4.13. The Balaban J connectivity index is 2.58. The number of rotatable bonds is 2. The minimum Gasteiger partial charge on any atom is -0.326 e. The van der Waals surface area contributed by atoms with E-state index in [0.29, 0.717) is 6.54 Å². The number of aromatic nitrogens is 2. The third-order valence-electron chi connectivity index (χ3n) is 2.89. The number of hydrogen-bond donors (Lipinski definition) is 1. The van der Waals surface area contributed by atoms with E-state index >= 15 is 0 Å². The molecule has 0 saturated carbocycles. The van der Waals surface area contributed by atoms with Gasteiger partial charge < -0.3 is 5.73 Å².